The lowest BCUT2D eigenvalue weighted by Crippen LogP contribution is -2.36. The van der Waals surface area contributed by atoms with E-state index in [0.29, 0.717) is 12.6 Å². The highest BCUT2D eigenvalue weighted by Gasteiger charge is 2.35. The van der Waals surface area contributed by atoms with Crippen LogP contribution in [-0.4, -0.2) is 49.6 Å². The van der Waals surface area contributed by atoms with Gasteiger partial charge in [0.15, 0.2) is 0 Å². The lowest BCUT2D eigenvalue weighted by molar-refractivity contribution is 0.0219. The van der Waals surface area contributed by atoms with Crippen molar-refractivity contribution in [2.75, 3.05) is 13.1 Å². The molecule has 0 radical (unpaired) electrons. The summed E-state index contributed by atoms with van der Waals surface area (Å²) < 4.78 is 5.69. The molecule has 2 aliphatic rings. The monoisotopic (exact) mass is 598 g/mol. The van der Waals surface area contributed by atoms with Gasteiger partial charge in [-0.2, -0.15) is 0 Å². The van der Waals surface area contributed by atoms with Crippen LogP contribution in [0.4, 0.5) is 4.79 Å². The van der Waals surface area contributed by atoms with E-state index < -0.39 is 5.60 Å². The molecular formula is C37H38N6O2. The molecule has 2 saturated heterocycles. The molecule has 3 N–H and O–H groups in total. The minimum Gasteiger partial charge on any atom is -0.444 e. The van der Waals surface area contributed by atoms with Gasteiger partial charge in [-0.05, 0) is 110 Å². The molecule has 1 amide bonds. The van der Waals surface area contributed by atoms with Crippen molar-refractivity contribution in [3.05, 3.63) is 84.4 Å². The molecular weight excluding hydrogens is 560 g/mol. The number of fused-ring (bicyclic) bond motifs is 3. The number of carbonyl (C=O) groups excluding carboxylic acids is 1. The summed E-state index contributed by atoms with van der Waals surface area (Å²) in [4.78, 5) is 31.6. The third-order valence-electron chi connectivity index (χ3n) is 9.13. The number of nitrogens with zero attached hydrogens (tertiary/aromatic N) is 3. The molecule has 0 aliphatic carbocycles. The summed E-state index contributed by atoms with van der Waals surface area (Å²) in [5.41, 5.74) is 8.04. The number of hydrogen-bond donors (Lipinski definition) is 3. The van der Waals surface area contributed by atoms with E-state index in [1.165, 1.54) is 33.9 Å². The molecule has 8 rings (SSSR count). The van der Waals surface area contributed by atoms with Crippen LogP contribution >= 0.6 is 0 Å². The van der Waals surface area contributed by atoms with Crippen LogP contribution in [0.5, 0.6) is 0 Å². The molecule has 0 saturated carbocycles. The standard InChI is InChI=1S/C37H38N6O2/c1-37(2,3)45-36(44)43-19-7-13-33(43)35-40-29-17-15-23(21-32(29)42-35)25-9-5-10-26-24(8-4-11-27(25)26)22-14-16-28-31(20-22)41-34(39-28)30-12-6-18-38-30/h4-5,8-11,14-17,20-21,30,33,38H,6-7,12-13,18-19H2,1-3H3,(H,39,41)(H,40,42)/t30-,33-/m0/s1. The number of likely N-dealkylation sites (tertiary alicyclic amines) is 1. The third kappa shape index (κ3) is 5.13. The second-order valence-corrected chi connectivity index (χ2v) is 13.4. The summed E-state index contributed by atoms with van der Waals surface area (Å²) in [6.07, 6.45) is 3.82. The summed E-state index contributed by atoms with van der Waals surface area (Å²) in [5, 5.41) is 5.95. The van der Waals surface area contributed by atoms with Gasteiger partial charge < -0.3 is 20.0 Å². The van der Waals surface area contributed by atoms with Crippen molar-refractivity contribution < 1.29 is 9.53 Å². The van der Waals surface area contributed by atoms with Crippen molar-refractivity contribution in [3.63, 3.8) is 0 Å². The van der Waals surface area contributed by atoms with Crippen molar-refractivity contribution >= 4 is 38.9 Å². The van der Waals surface area contributed by atoms with Crippen LogP contribution in [-0.2, 0) is 4.74 Å². The van der Waals surface area contributed by atoms with Crippen molar-refractivity contribution in [1.29, 1.82) is 0 Å². The summed E-state index contributed by atoms with van der Waals surface area (Å²) in [6, 6.07) is 26.2. The molecule has 228 valence electrons. The van der Waals surface area contributed by atoms with E-state index in [9.17, 15) is 4.79 Å². The molecule has 2 aromatic heterocycles. The summed E-state index contributed by atoms with van der Waals surface area (Å²) in [7, 11) is 0. The van der Waals surface area contributed by atoms with Gasteiger partial charge in [0, 0.05) is 6.54 Å². The van der Waals surface area contributed by atoms with Gasteiger partial charge in [-0.3, -0.25) is 4.90 Å². The number of H-pyrrole nitrogens is 2. The van der Waals surface area contributed by atoms with E-state index in [0.717, 1.165) is 65.1 Å². The number of aromatic amines is 2. The molecule has 8 heteroatoms. The zero-order valence-electron chi connectivity index (χ0n) is 26.0. The van der Waals surface area contributed by atoms with E-state index in [4.69, 9.17) is 14.7 Å². The molecule has 2 atom stereocenters. The quantitative estimate of drug-likeness (QED) is 0.189. The second kappa shape index (κ2) is 10.7. The molecule has 4 heterocycles. The Bertz CT molecular complexity index is 2060. The van der Waals surface area contributed by atoms with Gasteiger partial charge in [-0.25, -0.2) is 14.8 Å². The molecule has 2 fully saturated rings. The van der Waals surface area contributed by atoms with Crippen LogP contribution in [0.3, 0.4) is 0 Å². The SMILES string of the molecule is CC(C)(C)OC(=O)N1CCC[C@H]1c1nc2ccc(-c3cccc4c(-c5ccc6nc([C@@H]7CCCN7)[nH]c6c5)cccc34)cc2[nH]1. The molecule has 2 aliphatic heterocycles. The molecule has 4 aromatic carbocycles. The number of amides is 1. The van der Waals surface area contributed by atoms with E-state index in [-0.39, 0.29) is 12.1 Å². The first kappa shape index (κ1) is 27.8. The number of imidazole rings is 2. The maximum absolute atomic E-state index is 12.9. The van der Waals surface area contributed by atoms with Crippen LogP contribution < -0.4 is 5.32 Å². The number of rotatable bonds is 4. The first-order valence-corrected chi connectivity index (χ1v) is 16.1. The fourth-order valence-corrected chi connectivity index (χ4v) is 7.04. The third-order valence-corrected chi connectivity index (χ3v) is 9.13. The average molecular weight is 599 g/mol. The Kier molecular flexibility index (Phi) is 6.64. The highest BCUT2D eigenvalue weighted by Crippen LogP contribution is 2.38. The van der Waals surface area contributed by atoms with Crippen LogP contribution in [0.1, 0.15) is 70.2 Å². The van der Waals surface area contributed by atoms with Gasteiger partial charge in [0.1, 0.15) is 17.2 Å². The lowest BCUT2D eigenvalue weighted by atomic mass is 9.93. The van der Waals surface area contributed by atoms with Gasteiger partial charge in [-0.1, -0.05) is 48.5 Å². The molecule has 6 aromatic rings. The van der Waals surface area contributed by atoms with E-state index in [1.54, 1.807) is 0 Å². The van der Waals surface area contributed by atoms with E-state index in [2.05, 4.69) is 88.1 Å². The predicted molar refractivity (Wildman–Crippen MR) is 179 cm³/mol. The molecule has 8 nitrogen and oxygen atoms in total. The topological polar surface area (TPSA) is 98.9 Å². The fraction of sp³-hybridized carbons (Fsp3) is 0.324. The normalized spacial score (nSPS) is 18.9. The second-order valence-electron chi connectivity index (χ2n) is 13.4. The van der Waals surface area contributed by atoms with E-state index >= 15 is 0 Å². The first-order chi connectivity index (χ1) is 21.8. The van der Waals surface area contributed by atoms with Crippen molar-refractivity contribution in [3.8, 4) is 22.3 Å². The Hall–Kier alpha value is -4.69. The van der Waals surface area contributed by atoms with Crippen LogP contribution in [0.2, 0.25) is 0 Å². The Morgan fingerprint density at radius 2 is 1.42 bits per heavy atom. The van der Waals surface area contributed by atoms with Crippen LogP contribution in [0.25, 0.3) is 55.1 Å². The number of aromatic nitrogens is 4. The summed E-state index contributed by atoms with van der Waals surface area (Å²) in [6.45, 7) is 7.42. The van der Waals surface area contributed by atoms with Crippen molar-refractivity contribution in [2.24, 2.45) is 0 Å². The lowest BCUT2D eigenvalue weighted by Gasteiger charge is -2.27. The van der Waals surface area contributed by atoms with Crippen molar-refractivity contribution in [1.82, 2.24) is 30.2 Å². The predicted octanol–water partition coefficient (Wildman–Crippen LogP) is 8.42. The minimum atomic E-state index is -0.534. The zero-order chi connectivity index (χ0) is 30.7. The Balaban J connectivity index is 1.13. The number of benzene rings is 4. The molecule has 45 heavy (non-hydrogen) atoms. The van der Waals surface area contributed by atoms with Crippen LogP contribution in [0.15, 0.2) is 72.8 Å². The molecule has 0 bridgehead atoms. The van der Waals surface area contributed by atoms with Crippen LogP contribution in [0, 0.1) is 0 Å². The number of hydrogen-bond acceptors (Lipinski definition) is 5. The maximum Gasteiger partial charge on any atom is 0.410 e. The maximum atomic E-state index is 12.9. The minimum absolute atomic E-state index is 0.117. The van der Waals surface area contributed by atoms with Gasteiger partial charge in [0.25, 0.3) is 0 Å². The summed E-state index contributed by atoms with van der Waals surface area (Å²) >= 11 is 0. The van der Waals surface area contributed by atoms with Gasteiger partial charge in [-0.15, -0.1) is 0 Å². The highest BCUT2D eigenvalue weighted by molar-refractivity contribution is 6.05. The Morgan fingerprint density at radius 3 is 2.02 bits per heavy atom. The van der Waals surface area contributed by atoms with E-state index in [1.807, 2.05) is 25.7 Å². The van der Waals surface area contributed by atoms with Gasteiger partial charge >= 0.3 is 6.09 Å². The fourth-order valence-electron chi connectivity index (χ4n) is 7.04. The summed E-state index contributed by atoms with van der Waals surface area (Å²) in [5.74, 6) is 1.84. The zero-order valence-corrected chi connectivity index (χ0v) is 26.0. The number of ether oxygens (including phenoxy) is 1. The Labute approximate surface area is 262 Å². The Morgan fingerprint density at radius 1 is 0.800 bits per heavy atom. The molecule has 0 unspecified atom stereocenters. The van der Waals surface area contributed by atoms with Gasteiger partial charge in [0.2, 0.25) is 0 Å². The molecule has 0 spiro atoms. The van der Waals surface area contributed by atoms with Gasteiger partial charge in [0.05, 0.1) is 34.2 Å². The number of carbonyl (C=O) groups is 1. The smallest absolute Gasteiger partial charge is 0.410 e. The average Bonchev–Trinajstić information content (AvgIpc) is 3.84. The van der Waals surface area contributed by atoms with Crippen molar-refractivity contribution in [2.45, 2.75) is 64.1 Å². The number of nitrogens with one attached hydrogen (secondary N) is 3. The highest BCUT2D eigenvalue weighted by atomic mass is 16.6. The largest absolute Gasteiger partial charge is 0.444 e. The first-order valence-electron chi connectivity index (χ1n) is 16.1.